The molecule has 0 atom stereocenters. The first-order chi connectivity index (χ1) is 8.17. The lowest BCUT2D eigenvalue weighted by Crippen LogP contribution is -2.38. The summed E-state index contributed by atoms with van der Waals surface area (Å²) < 4.78 is 0. The van der Waals surface area contributed by atoms with Gasteiger partial charge in [-0.1, -0.05) is 20.3 Å². The molecular weight excluding hydrogens is 212 g/mol. The highest BCUT2D eigenvalue weighted by Crippen LogP contribution is 2.35. The molecular formula is C14H22N2O. The first kappa shape index (κ1) is 12.4. The van der Waals surface area contributed by atoms with Crippen LogP contribution in [-0.4, -0.2) is 23.2 Å². The third-order valence-corrected chi connectivity index (χ3v) is 4.15. The van der Waals surface area contributed by atoms with E-state index in [2.05, 4.69) is 23.7 Å². The van der Waals surface area contributed by atoms with Gasteiger partial charge in [-0.25, -0.2) is 0 Å². The Morgan fingerprint density at radius 2 is 2.12 bits per heavy atom. The van der Waals surface area contributed by atoms with Gasteiger partial charge in [0.2, 0.25) is 0 Å². The molecule has 3 heteroatoms. The van der Waals surface area contributed by atoms with E-state index in [0.717, 1.165) is 18.8 Å². The molecule has 0 amide bonds. The van der Waals surface area contributed by atoms with Crippen LogP contribution in [0.1, 0.15) is 38.8 Å². The number of rotatable bonds is 3. The highest BCUT2D eigenvalue weighted by molar-refractivity contribution is 5.46. The minimum Gasteiger partial charge on any atom is -0.390 e. The molecule has 17 heavy (non-hydrogen) atoms. The molecule has 1 aromatic heterocycles. The van der Waals surface area contributed by atoms with Gasteiger partial charge in [0.15, 0.2) is 0 Å². The number of aliphatic hydroxyl groups excluding tert-OH is 1. The van der Waals surface area contributed by atoms with E-state index in [9.17, 15) is 0 Å². The molecule has 2 heterocycles. The lowest BCUT2D eigenvalue weighted by molar-refractivity contribution is 0.238. The topological polar surface area (TPSA) is 36.4 Å². The van der Waals surface area contributed by atoms with Crippen LogP contribution in [-0.2, 0) is 6.61 Å². The van der Waals surface area contributed by atoms with Crippen LogP contribution in [0.5, 0.6) is 0 Å². The van der Waals surface area contributed by atoms with E-state index in [1.54, 1.807) is 6.20 Å². The Morgan fingerprint density at radius 3 is 2.71 bits per heavy atom. The van der Waals surface area contributed by atoms with Crippen molar-refractivity contribution in [1.82, 2.24) is 4.98 Å². The summed E-state index contributed by atoms with van der Waals surface area (Å²) in [4.78, 5) is 6.52. The van der Waals surface area contributed by atoms with Crippen molar-refractivity contribution < 1.29 is 5.11 Å². The largest absolute Gasteiger partial charge is 0.390 e. The Balaban J connectivity index is 2.05. The van der Waals surface area contributed by atoms with Gasteiger partial charge in [-0.05, 0) is 30.4 Å². The van der Waals surface area contributed by atoms with Crippen LogP contribution in [0, 0.1) is 5.41 Å². The number of aromatic nitrogens is 1. The summed E-state index contributed by atoms with van der Waals surface area (Å²) in [6.45, 7) is 6.91. The third kappa shape index (κ3) is 2.78. The van der Waals surface area contributed by atoms with Gasteiger partial charge in [-0.2, -0.15) is 0 Å². The molecule has 2 rings (SSSR count). The number of nitrogens with zero attached hydrogens (tertiary/aromatic N) is 2. The molecule has 1 saturated heterocycles. The van der Waals surface area contributed by atoms with E-state index in [1.165, 1.54) is 24.9 Å². The highest BCUT2D eigenvalue weighted by Gasteiger charge is 2.28. The first-order valence-electron chi connectivity index (χ1n) is 6.47. The van der Waals surface area contributed by atoms with Gasteiger partial charge in [-0.15, -0.1) is 0 Å². The van der Waals surface area contributed by atoms with Gasteiger partial charge < -0.3 is 10.0 Å². The average molecular weight is 234 g/mol. The molecule has 1 aromatic rings. The second-order valence-corrected chi connectivity index (χ2v) is 5.31. The highest BCUT2D eigenvalue weighted by atomic mass is 16.3. The van der Waals surface area contributed by atoms with Crippen molar-refractivity contribution in [1.29, 1.82) is 0 Å². The molecule has 0 spiro atoms. The molecule has 0 radical (unpaired) electrons. The Kier molecular flexibility index (Phi) is 3.67. The van der Waals surface area contributed by atoms with Gasteiger partial charge >= 0.3 is 0 Å². The summed E-state index contributed by atoms with van der Waals surface area (Å²) in [5.74, 6) is 0. The quantitative estimate of drug-likeness (QED) is 0.873. The molecule has 1 fully saturated rings. The van der Waals surface area contributed by atoms with Gasteiger partial charge in [0.1, 0.15) is 0 Å². The number of aliphatic hydroxyl groups is 1. The summed E-state index contributed by atoms with van der Waals surface area (Å²) in [5, 5.41) is 9.10. The molecule has 0 unspecified atom stereocenters. The van der Waals surface area contributed by atoms with Crippen LogP contribution in [0.25, 0.3) is 0 Å². The zero-order valence-electron chi connectivity index (χ0n) is 10.8. The Labute approximate surface area is 103 Å². The van der Waals surface area contributed by atoms with Crippen molar-refractivity contribution in [2.75, 3.05) is 18.0 Å². The Bertz CT molecular complexity index is 370. The number of pyridine rings is 1. The van der Waals surface area contributed by atoms with E-state index >= 15 is 0 Å². The fraction of sp³-hybridized carbons (Fsp3) is 0.643. The normalized spacial score (nSPS) is 19.4. The van der Waals surface area contributed by atoms with Crippen LogP contribution in [0.4, 0.5) is 5.69 Å². The molecule has 94 valence electrons. The zero-order chi connectivity index (χ0) is 12.3. The zero-order valence-corrected chi connectivity index (χ0v) is 10.8. The number of hydrogen-bond acceptors (Lipinski definition) is 3. The van der Waals surface area contributed by atoms with E-state index in [1.807, 2.05) is 12.1 Å². The summed E-state index contributed by atoms with van der Waals surface area (Å²) in [5.41, 5.74) is 2.47. The van der Waals surface area contributed by atoms with Crippen molar-refractivity contribution in [2.24, 2.45) is 5.41 Å². The molecule has 3 nitrogen and oxygen atoms in total. The SMILES string of the molecule is CCC1(C)CCN(c2ccnc(CO)c2)CC1. The van der Waals surface area contributed by atoms with Crippen LogP contribution < -0.4 is 4.90 Å². The van der Waals surface area contributed by atoms with Gasteiger partial charge in [0, 0.05) is 25.0 Å². The fourth-order valence-electron chi connectivity index (χ4n) is 2.41. The van der Waals surface area contributed by atoms with Crippen molar-refractivity contribution >= 4 is 5.69 Å². The smallest absolute Gasteiger partial charge is 0.0853 e. The Hall–Kier alpha value is -1.09. The summed E-state index contributed by atoms with van der Waals surface area (Å²) in [6.07, 6.45) is 5.55. The first-order valence-corrected chi connectivity index (χ1v) is 6.47. The predicted octanol–water partition coefficient (Wildman–Crippen LogP) is 2.59. The number of anilines is 1. The number of hydrogen-bond donors (Lipinski definition) is 1. The fourth-order valence-corrected chi connectivity index (χ4v) is 2.41. The van der Waals surface area contributed by atoms with Crippen LogP contribution >= 0.6 is 0 Å². The predicted molar refractivity (Wildman–Crippen MR) is 70.0 cm³/mol. The van der Waals surface area contributed by atoms with E-state index in [4.69, 9.17) is 5.11 Å². The maximum atomic E-state index is 9.10. The number of piperidine rings is 1. The van der Waals surface area contributed by atoms with Gasteiger partial charge in [0.25, 0.3) is 0 Å². The third-order valence-electron chi connectivity index (χ3n) is 4.15. The van der Waals surface area contributed by atoms with Gasteiger partial charge in [-0.3, -0.25) is 4.98 Å². The standard InChI is InChI=1S/C14H22N2O/c1-3-14(2)5-8-16(9-6-14)13-4-7-15-12(10-13)11-17/h4,7,10,17H,3,5-6,8-9,11H2,1-2H3. The van der Waals surface area contributed by atoms with Crippen LogP contribution in [0.15, 0.2) is 18.3 Å². The van der Waals surface area contributed by atoms with Crippen molar-refractivity contribution in [3.63, 3.8) is 0 Å². The van der Waals surface area contributed by atoms with Crippen molar-refractivity contribution in [2.45, 2.75) is 39.7 Å². The molecule has 0 aliphatic carbocycles. The lowest BCUT2D eigenvalue weighted by Gasteiger charge is -2.40. The monoisotopic (exact) mass is 234 g/mol. The lowest BCUT2D eigenvalue weighted by atomic mass is 9.78. The van der Waals surface area contributed by atoms with E-state index in [0.29, 0.717) is 5.41 Å². The molecule has 0 saturated carbocycles. The second-order valence-electron chi connectivity index (χ2n) is 5.31. The molecule has 0 bridgehead atoms. The maximum Gasteiger partial charge on any atom is 0.0853 e. The summed E-state index contributed by atoms with van der Waals surface area (Å²) in [7, 11) is 0. The minimum absolute atomic E-state index is 0.0222. The molecule has 1 N–H and O–H groups in total. The van der Waals surface area contributed by atoms with Crippen molar-refractivity contribution in [3.05, 3.63) is 24.0 Å². The molecule has 1 aliphatic rings. The Morgan fingerprint density at radius 1 is 1.41 bits per heavy atom. The summed E-state index contributed by atoms with van der Waals surface area (Å²) >= 11 is 0. The second kappa shape index (κ2) is 5.05. The molecule has 0 aromatic carbocycles. The maximum absolute atomic E-state index is 9.10. The van der Waals surface area contributed by atoms with Gasteiger partial charge in [0.05, 0.1) is 12.3 Å². The van der Waals surface area contributed by atoms with Crippen molar-refractivity contribution in [3.8, 4) is 0 Å². The van der Waals surface area contributed by atoms with Crippen LogP contribution in [0.2, 0.25) is 0 Å². The minimum atomic E-state index is 0.0222. The average Bonchev–Trinajstić information content (AvgIpc) is 2.40. The van der Waals surface area contributed by atoms with Crippen LogP contribution in [0.3, 0.4) is 0 Å². The van der Waals surface area contributed by atoms with E-state index in [-0.39, 0.29) is 6.61 Å². The molecule has 1 aliphatic heterocycles. The van der Waals surface area contributed by atoms with E-state index < -0.39 is 0 Å². The summed E-state index contributed by atoms with van der Waals surface area (Å²) in [6, 6.07) is 4.03.